The second kappa shape index (κ2) is 4.12. The van der Waals surface area contributed by atoms with E-state index in [1.54, 1.807) is 6.07 Å². The number of hydrogen-bond donors (Lipinski definition) is 0. The second-order valence-corrected chi connectivity index (χ2v) is 5.58. The van der Waals surface area contributed by atoms with E-state index in [2.05, 4.69) is 0 Å². The van der Waals surface area contributed by atoms with Crippen molar-refractivity contribution < 1.29 is 18.0 Å². The number of sulfonamides is 1. The van der Waals surface area contributed by atoms with Gasteiger partial charge in [-0.05, 0) is 12.1 Å². The van der Waals surface area contributed by atoms with Gasteiger partial charge in [0.05, 0.1) is 18.0 Å². The molecule has 0 unspecified atom stereocenters. The summed E-state index contributed by atoms with van der Waals surface area (Å²) in [7, 11) is -3.90. The number of carbonyl (C=O) groups is 2. The van der Waals surface area contributed by atoms with E-state index in [0.29, 0.717) is 4.31 Å². The van der Waals surface area contributed by atoms with E-state index in [1.807, 2.05) is 0 Å². The molecule has 5 nitrogen and oxygen atoms in total. The van der Waals surface area contributed by atoms with Gasteiger partial charge in [-0.3, -0.25) is 9.59 Å². The van der Waals surface area contributed by atoms with Gasteiger partial charge >= 0.3 is 0 Å². The van der Waals surface area contributed by atoms with E-state index in [1.165, 1.54) is 18.2 Å². The topological polar surface area (TPSA) is 71.5 Å². The zero-order chi connectivity index (χ0) is 12.6. The predicted molar refractivity (Wildman–Crippen MR) is 60.4 cm³/mol. The van der Waals surface area contributed by atoms with Crippen LogP contribution in [0.25, 0.3) is 0 Å². The number of benzene rings is 1. The number of fused-ring (bicyclic) bond motifs is 1. The fourth-order valence-electron chi connectivity index (χ4n) is 1.59. The van der Waals surface area contributed by atoms with Crippen LogP contribution < -0.4 is 0 Å². The second-order valence-electron chi connectivity index (χ2n) is 3.49. The van der Waals surface area contributed by atoms with Gasteiger partial charge in [-0.15, -0.1) is 11.6 Å². The molecule has 1 aromatic carbocycles. The van der Waals surface area contributed by atoms with Crippen LogP contribution in [-0.2, 0) is 14.8 Å². The molecule has 0 aromatic heterocycles. The molecule has 7 heteroatoms. The molecule has 1 heterocycles. The number of ketones is 1. The summed E-state index contributed by atoms with van der Waals surface area (Å²) < 4.78 is 24.5. The van der Waals surface area contributed by atoms with Gasteiger partial charge in [0, 0.05) is 0 Å². The first kappa shape index (κ1) is 12.1. The summed E-state index contributed by atoms with van der Waals surface area (Å²) in [5.41, 5.74) is 0.0925. The number of halogens is 1. The lowest BCUT2D eigenvalue weighted by atomic mass is 10.2. The molecular formula is C10H8ClNO4S. The van der Waals surface area contributed by atoms with Crippen LogP contribution in [-0.4, -0.2) is 36.8 Å². The maximum absolute atomic E-state index is 12.0. The van der Waals surface area contributed by atoms with Crippen molar-refractivity contribution >= 4 is 33.3 Å². The van der Waals surface area contributed by atoms with Crippen LogP contribution in [0.5, 0.6) is 0 Å². The smallest absolute Gasteiger partial charge is 0.269 e. The molecule has 0 atom stereocenters. The third kappa shape index (κ3) is 1.83. The number of Topliss-reactive ketones (excluding diaryl/α,β-unsaturated/α-hetero) is 1. The van der Waals surface area contributed by atoms with Gasteiger partial charge in [0.1, 0.15) is 4.90 Å². The average Bonchev–Trinajstić information content (AvgIpc) is 2.51. The normalized spacial score (nSPS) is 17.0. The summed E-state index contributed by atoms with van der Waals surface area (Å²) in [5, 5.41) is 0. The Balaban J connectivity index is 2.48. The van der Waals surface area contributed by atoms with Crippen LogP contribution in [0.15, 0.2) is 29.2 Å². The van der Waals surface area contributed by atoms with Gasteiger partial charge in [0.15, 0.2) is 5.78 Å². The highest BCUT2D eigenvalue weighted by atomic mass is 35.5. The molecule has 0 bridgehead atoms. The molecule has 0 spiro atoms. The van der Waals surface area contributed by atoms with E-state index >= 15 is 0 Å². The molecule has 0 saturated heterocycles. The van der Waals surface area contributed by atoms with E-state index in [4.69, 9.17) is 11.6 Å². The Morgan fingerprint density at radius 3 is 2.53 bits per heavy atom. The number of alkyl halides is 1. The number of amides is 1. The van der Waals surface area contributed by atoms with Crippen LogP contribution in [0, 0.1) is 0 Å². The summed E-state index contributed by atoms with van der Waals surface area (Å²) in [6.45, 7) is -0.515. The van der Waals surface area contributed by atoms with E-state index in [-0.39, 0.29) is 16.3 Å². The zero-order valence-corrected chi connectivity index (χ0v) is 10.2. The summed E-state index contributed by atoms with van der Waals surface area (Å²) in [4.78, 5) is 22.9. The lowest BCUT2D eigenvalue weighted by Crippen LogP contribution is -2.35. The summed E-state index contributed by atoms with van der Waals surface area (Å²) in [6.07, 6.45) is 0. The third-order valence-corrected chi connectivity index (χ3v) is 4.47. The van der Waals surface area contributed by atoms with E-state index in [9.17, 15) is 18.0 Å². The van der Waals surface area contributed by atoms with Crippen molar-refractivity contribution in [1.29, 1.82) is 0 Å². The maximum atomic E-state index is 12.0. The summed E-state index contributed by atoms with van der Waals surface area (Å²) in [6, 6.07) is 5.85. The van der Waals surface area contributed by atoms with E-state index < -0.39 is 28.3 Å². The molecule has 1 aliphatic heterocycles. The Hall–Kier alpha value is -1.40. The Kier molecular flexibility index (Phi) is 2.92. The van der Waals surface area contributed by atoms with Gasteiger partial charge in [-0.1, -0.05) is 12.1 Å². The van der Waals surface area contributed by atoms with Crippen molar-refractivity contribution in [2.24, 2.45) is 0 Å². The first-order valence-corrected chi connectivity index (χ1v) is 6.69. The largest absolute Gasteiger partial charge is 0.296 e. The Morgan fingerprint density at radius 2 is 1.94 bits per heavy atom. The minimum Gasteiger partial charge on any atom is -0.296 e. The molecule has 0 saturated carbocycles. The standard InChI is InChI=1S/C10H8ClNO4S/c11-5-7(13)6-12-10(14)8-3-1-2-4-9(8)17(12,15)16/h1-4H,5-6H2. The number of carbonyl (C=O) groups excluding carboxylic acids is 2. The lowest BCUT2D eigenvalue weighted by molar-refractivity contribution is -0.116. The van der Waals surface area contributed by atoms with Crippen molar-refractivity contribution in [2.75, 3.05) is 12.4 Å². The number of hydrogen-bond acceptors (Lipinski definition) is 4. The first-order chi connectivity index (χ1) is 7.98. The lowest BCUT2D eigenvalue weighted by Gasteiger charge is -2.12. The average molecular weight is 274 g/mol. The quantitative estimate of drug-likeness (QED) is 0.758. The van der Waals surface area contributed by atoms with Crippen molar-refractivity contribution in [3.05, 3.63) is 29.8 Å². The Bertz CT molecular complexity index is 596. The molecule has 0 fully saturated rings. The van der Waals surface area contributed by atoms with Crippen molar-refractivity contribution in [3.63, 3.8) is 0 Å². The number of rotatable bonds is 3. The van der Waals surface area contributed by atoms with Gasteiger partial charge in [-0.2, -0.15) is 0 Å². The van der Waals surface area contributed by atoms with Gasteiger partial charge in [-0.25, -0.2) is 12.7 Å². The minimum atomic E-state index is -3.90. The minimum absolute atomic E-state index is 0.0626. The molecule has 2 rings (SSSR count). The Labute approximate surface area is 103 Å². The predicted octanol–water partition coefficient (Wildman–Crippen LogP) is 0.639. The van der Waals surface area contributed by atoms with Gasteiger partial charge in [0.2, 0.25) is 0 Å². The fraction of sp³-hybridized carbons (Fsp3) is 0.200. The van der Waals surface area contributed by atoms with E-state index in [0.717, 1.165) is 0 Å². The fourth-order valence-corrected chi connectivity index (χ4v) is 3.23. The van der Waals surface area contributed by atoms with Crippen LogP contribution >= 0.6 is 11.6 Å². The van der Waals surface area contributed by atoms with Crippen LogP contribution in [0.2, 0.25) is 0 Å². The van der Waals surface area contributed by atoms with Crippen LogP contribution in [0.1, 0.15) is 10.4 Å². The molecule has 90 valence electrons. The van der Waals surface area contributed by atoms with Gasteiger partial charge < -0.3 is 0 Å². The zero-order valence-electron chi connectivity index (χ0n) is 8.59. The highest BCUT2D eigenvalue weighted by Gasteiger charge is 2.41. The van der Waals surface area contributed by atoms with Crippen molar-refractivity contribution in [1.82, 2.24) is 4.31 Å². The number of nitrogens with zero attached hydrogens (tertiary/aromatic N) is 1. The summed E-state index contributed by atoms with van der Waals surface area (Å²) in [5.74, 6) is -1.52. The highest BCUT2D eigenvalue weighted by Crippen LogP contribution is 2.29. The van der Waals surface area contributed by atoms with Crippen LogP contribution in [0.3, 0.4) is 0 Å². The maximum Gasteiger partial charge on any atom is 0.269 e. The van der Waals surface area contributed by atoms with Crippen LogP contribution in [0.4, 0.5) is 0 Å². The molecule has 0 N–H and O–H groups in total. The SMILES string of the molecule is O=C(CCl)CN1C(=O)c2ccccc2S1(=O)=O. The first-order valence-electron chi connectivity index (χ1n) is 4.72. The molecular weight excluding hydrogens is 266 g/mol. The highest BCUT2D eigenvalue weighted by molar-refractivity contribution is 7.90. The Morgan fingerprint density at radius 1 is 1.29 bits per heavy atom. The molecule has 0 aliphatic carbocycles. The molecule has 1 aliphatic rings. The monoisotopic (exact) mass is 273 g/mol. The molecule has 0 radical (unpaired) electrons. The molecule has 1 amide bonds. The molecule has 17 heavy (non-hydrogen) atoms. The summed E-state index contributed by atoms with van der Waals surface area (Å²) >= 11 is 5.30. The molecule has 1 aromatic rings. The van der Waals surface area contributed by atoms with Crippen molar-refractivity contribution in [2.45, 2.75) is 4.90 Å². The van der Waals surface area contributed by atoms with Gasteiger partial charge in [0.25, 0.3) is 15.9 Å². The third-order valence-electron chi connectivity index (χ3n) is 2.38. The van der Waals surface area contributed by atoms with Crippen molar-refractivity contribution in [3.8, 4) is 0 Å².